The summed E-state index contributed by atoms with van der Waals surface area (Å²) in [7, 11) is 0. The fourth-order valence-electron chi connectivity index (χ4n) is 1.93. The average Bonchev–Trinajstić information content (AvgIpc) is 2.93. The molecule has 0 radical (unpaired) electrons. The Balaban J connectivity index is 1.86. The van der Waals surface area contributed by atoms with Crippen molar-refractivity contribution in [2.24, 2.45) is 0 Å². The van der Waals surface area contributed by atoms with Crippen LogP contribution in [0, 0.1) is 0 Å². The first kappa shape index (κ1) is 16.1. The number of halogens is 1. The van der Waals surface area contributed by atoms with Gasteiger partial charge in [-0.3, -0.25) is 9.59 Å². The van der Waals surface area contributed by atoms with Crippen molar-refractivity contribution in [1.82, 2.24) is 10.3 Å². The van der Waals surface area contributed by atoms with Gasteiger partial charge in [-0.25, -0.2) is 0 Å². The minimum absolute atomic E-state index is 0.00664. The Bertz CT molecular complexity index is 650. The van der Waals surface area contributed by atoms with E-state index in [1.807, 2.05) is 31.2 Å². The van der Waals surface area contributed by atoms with Crippen LogP contribution in [0.1, 0.15) is 35.8 Å². The predicted molar refractivity (Wildman–Crippen MR) is 87.0 cm³/mol. The third-order valence-electron chi connectivity index (χ3n) is 3.06. The minimum atomic E-state index is -0.216. The van der Waals surface area contributed by atoms with Crippen molar-refractivity contribution in [2.45, 2.75) is 26.3 Å². The van der Waals surface area contributed by atoms with E-state index in [4.69, 9.17) is 11.6 Å². The van der Waals surface area contributed by atoms with Gasteiger partial charge in [-0.15, -0.1) is 0 Å². The van der Waals surface area contributed by atoms with Gasteiger partial charge in [-0.05, 0) is 30.2 Å². The van der Waals surface area contributed by atoms with E-state index in [0.29, 0.717) is 23.7 Å². The van der Waals surface area contributed by atoms with Gasteiger partial charge in [-0.2, -0.15) is 0 Å². The van der Waals surface area contributed by atoms with Crippen LogP contribution in [0.5, 0.6) is 0 Å². The number of aromatic nitrogens is 1. The SMILES string of the molecule is CCCC(=O)Nc1ccc(CNC(=O)c2cc(Cl)c[nH]2)cc1. The number of aromatic amines is 1. The molecule has 22 heavy (non-hydrogen) atoms. The van der Waals surface area contributed by atoms with Crippen LogP contribution in [0.4, 0.5) is 5.69 Å². The van der Waals surface area contributed by atoms with Gasteiger partial charge in [0.2, 0.25) is 5.91 Å². The summed E-state index contributed by atoms with van der Waals surface area (Å²) >= 11 is 5.76. The molecule has 0 unspecified atom stereocenters. The Hall–Kier alpha value is -2.27. The highest BCUT2D eigenvalue weighted by Gasteiger charge is 2.07. The van der Waals surface area contributed by atoms with Crippen LogP contribution in [-0.4, -0.2) is 16.8 Å². The van der Waals surface area contributed by atoms with Gasteiger partial charge < -0.3 is 15.6 Å². The molecule has 0 fully saturated rings. The highest BCUT2D eigenvalue weighted by molar-refractivity contribution is 6.30. The Kier molecular flexibility index (Phi) is 5.61. The summed E-state index contributed by atoms with van der Waals surface area (Å²) in [5, 5.41) is 6.11. The van der Waals surface area contributed by atoms with Gasteiger partial charge in [0.25, 0.3) is 5.91 Å². The number of H-pyrrole nitrogens is 1. The maximum absolute atomic E-state index is 11.9. The number of rotatable bonds is 6. The van der Waals surface area contributed by atoms with Crippen molar-refractivity contribution in [2.75, 3.05) is 5.32 Å². The van der Waals surface area contributed by atoms with Crippen molar-refractivity contribution >= 4 is 29.1 Å². The first-order valence-electron chi connectivity index (χ1n) is 7.09. The van der Waals surface area contributed by atoms with Crippen LogP contribution in [-0.2, 0) is 11.3 Å². The number of amides is 2. The molecule has 0 aliphatic carbocycles. The summed E-state index contributed by atoms with van der Waals surface area (Å²) in [6, 6.07) is 8.94. The maximum atomic E-state index is 11.9. The standard InChI is InChI=1S/C16H18ClN3O2/c1-2-3-15(21)20-13-6-4-11(5-7-13)9-19-16(22)14-8-12(17)10-18-14/h4-8,10,18H,2-3,9H2,1H3,(H,19,22)(H,20,21). The quantitative estimate of drug-likeness (QED) is 0.764. The third-order valence-corrected chi connectivity index (χ3v) is 3.28. The van der Waals surface area contributed by atoms with Crippen LogP contribution >= 0.6 is 11.6 Å². The first-order chi connectivity index (χ1) is 10.6. The number of anilines is 1. The van der Waals surface area contributed by atoms with E-state index in [-0.39, 0.29) is 11.8 Å². The highest BCUT2D eigenvalue weighted by Crippen LogP contribution is 2.11. The van der Waals surface area contributed by atoms with E-state index in [9.17, 15) is 9.59 Å². The summed E-state index contributed by atoms with van der Waals surface area (Å²) in [4.78, 5) is 26.1. The molecule has 116 valence electrons. The van der Waals surface area contributed by atoms with E-state index >= 15 is 0 Å². The number of benzene rings is 1. The number of carbonyl (C=O) groups excluding carboxylic acids is 2. The predicted octanol–water partition coefficient (Wildman–Crippen LogP) is 3.34. The average molecular weight is 320 g/mol. The number of hydrogen-bond acceptors (Lipinski definition) is 2. The summed E-state index contributed by atoms with van der Waals surface area (Å²) in [5.41, 5.74) is 2.12. The van der Waals surface area contributed by atoms with Crippen molar-refractivity contribution in [3.8, 4) is 0 Å². The topological polar surface area (TPSA) is 74.0 Å². The molecule has 2 rings (SSSR count). The summed E-state index contributed by atoms with van der Waals surface area (Å²) in [6.45, 7) is 2.36. The molecular formula is C16H18ClN3O2. The lowest BCUT2D eigenvalue weighted by atomic mass is 10.2. The highest BCUT2D eigenvalue weighted by atomic mass is 35.5. The van der Waals surface area contributed by atoms with Crippen molar-refractivity contribution in [3.63, 3.8) is 0 Å². The lowest BCUT2D eigenvalue weighted by Crippen LogP contribution is -2.23. The molecule has 6 heteroatoms. The number of nitrogens with one attached hydrogen (secondary N) is 3. The zero-order valence-corrected chi connectivity index (χ0v) is 13.0. The van der Waals surface area contributed by atoms with Gasteiger partial charge in [0.05, 0.1) is 5.02 Å². The van der Waals surface area contributed by atoms with E-state index in [1.54, 1.807) is 12.3 Å². The Morgan fingerprint density at radius 2 is 1.95 bits per heavy atom. The number of hydrogen-bond donors (Lipinski definition) is 3. The van der Waals surface area contributed by atoms with Crippen molar-refractivity contribution < 1.29 is 9.59 Å². The Morgan fingerprint density at radius 1 is 1.23 bits per heavy atom. The van der Waals surface area contributed by atoms with Gasteiger partial charge >= 0.3 is 0 Å². The van der Waals surface area contributed by atoms with E-state index in [0.717, 1.165) is 17.7 Å². The molecule has 0 bridgehead atoms. The largest absolute Gasteiger partial charge is 0.356 e. The maximum Gasteiger partial charge on any atom is 0.268 e. The second-order valence-electron chi connectivity index (χ2n) is 4.91. The molecule has 2 amide bonds. The summed E-state index contributed by atoms with van der Waals surface area (Å²) in [6.07, 6.45) is 2.89. The molecular weight excluding hydrogens is 302 g/mol. The molecule has 0 saturated heterocycles. The molecule has 0 spiro atoms. The van der Waals surface area contributed by atoms with Gasteiger partial charge in [0.1, 0.15) is 5.69 Å². The molecule has 2 aromatic rings. The first-order valence-corrected chi connectivity index (χ1v) is 7.47. The lowest BCUT2D eigenvalue weighted by molar-refractivity contribution is -0.116. The molecule has 1 aromatic carbocycles. The Labute approximate surface area is 134 Å². The van der Waals surface area contributed by atoms with Crippen molar-refractivity contribution in [3.05, 3.63) is 52.8 Å². The second kappa shape index (κ2) is 7.66. The minimum Gasteiger partial charge on any atom is -0.356 e. The fourth-order valence-corrected chi connectivity index (χ4v) is 2.10. The Morgan fingerprint density at radius 3 is 2.55 bits per heavy atom. The molecule has 0 atom stereocenters. The fraction of sp³-hybridized carbons (Fsp3) is 0.250. The second-order valence-corrected chi connectivity index (χ2v) is 5.35. The van der Waals surface area contributed by atoms with Crippen LogP contribution in [0.2, 0.25) is 5.02 Å². The molecule has 1 aromatic heterocycles. The van der Waals surface area contributed by atoms with E-state index < -0.39 is 0 Å². The van der Waals surface area contributed by atoms with Crippen molar-refractivity contribution in [1.29, 1.82) is 0 Å². The van der Waals surface area contributed by atoms with E-state index in [1.165, 1.54) is 0 Å². The van der Waals surface area contributed by atoms with E-state index in [2.05, 4.69) is 15.6 Å². The number of carbonyl (C=O) groups is 2. The monoisotopic (exact) mass is 319 g/mol. The summed E-state index contributed by atoms with van der Waals surface area (Å²) in [5.74, 6) is -0.209. The zero-order valence-electron chi connectivity index (χ0n) is 12.3. The third kappa shape index (κ3) is 4.63. The molecule has 0 saturated carbocycles. The zero-order chi connectivity index (χ0) is 15.9. The molecule has 5 nitrogen and oxygen atoms in total. The van der Waals surface area contributed by atoms with Crippen LogP contribution in [0.15, 0.2) is 36.5 Å². The van der Waals surface area contributed by atoms with Gasteiger partial charge in [-0.1, -0.05) is 30.7 Å². The molecule has 0 aliphatic rings. The van der Waals surface area contributed by atoms with Gasteiger partial charge in [0.15, 0.2) is 0 Å². The molecule has 0 aliphatic heterocycles. The molecule has 3 N–H and O–H groups in total. The molecule has 1 heterocycles. The smallest absolute Gasteiger partial charge is 0.268 e. The van der Waals surface area contributed by atoms with Crippen LogP contribution in [0.25, 0.3) is 0 Å². The van der Waals surface area contributed by atoms with Crippen LogP contribution < -0.4 is 10.6 Å². The normalized spacial score (nSPS) is 10.3. The van der Waals surface area contributed by atoms with Gasteiger partial charge in [0, 0.05) is 24.8 Å². The van der Waals surface area contributed by atoms with Crippen LogP contribution in [0.3, 0.4) is 0 Å². The summed E-state index contributed by atoms with van der Waals surface area (Å²) < 4.78 is 0. The lowest BCUT2D eigenvalue weighted by Gasteiger charge is -2.07.